The van der Waals surface area contributed by atoms with Crippen molar-refractivity contribution in [1.29, 1.82) is 0 Å². The average molecular weight is 251 g/mol. The predicted molar refractivity (Wildman–Crippen MR) is 31.7 cm³/mol. The summed E-state index contributed by atoms with van der Waals surface area (Å²) in [6.07, 6.45) is -13.0. The van der Waals surface area contributed by atoms with Gasteiger partial charge in [0.2, 0.25) is 11.1 Å². The zero-order valence-electron chi connectivity index (χ0n) is 6.12. The summed E-state index contributed by atoms with van der Waals surface area (Å²) in [6.45, 7) is 0. The second kappa shape index (κ2) is 3.98. The van der Waals surface area contributed by atoms with Gasteiger partial charge in [0.25, 0.3) is 0 Å². The lowest BCUT2D eigenvalue weighted by atomic mass is 10.3. The van der Waals surface area contributed by atoms with Crippen molar-refractivity contribution >= 4 is 11.1 Å². The van der Waals surface area contributed by atoms with Crippen LogP contribution in [0.2, 0.25) is 0 Å². The van der Waals surface area contributed by atoms with Crippen molar-refractivity contribution in [3.8, 4) is 0 Å². The molecule has 0 radical (unpaired) electrons. The van der Waals surface area contributed by atoms with Gasteiger partial charge >= 0.3 is 17.4 Å². The van der Waals surface area contributed by atoms with Crippen molar-refractivity contribution in [3.63, 3.8) is 0 Å². The lowest BCUT2D eigenvalue weighted by molar-refractivity contribution is -0.306. The number of halogens is 7. The van der Waals surface area contributed by atoms with Crippen molar-refractivity contribution in [1.82, 2.24) is 6.15 Å². The molecule has 0 rings (SSSR count). The van der Waals surface area contributed by atoms with Crippen LogP contribution in [0.25, 0.3) is 0 Å². The van der Waals surface area contributed by atoms with Crippen molar-refractivity contribution in [2.45, 2.75) is 17.4 Å². The molecule has 1 atom stereocenters. The zero-order valence-corrected chi connectivity index (χ0v) is 6.93. The minimum absolute atomic E-state index is 0. The fourth-order valence-corrected chi connectivity index (χ4v) is 0.755. The van der Waals surface area contributed by atoms with E-state index in [4.69, 9.17) is 4.55 Å². The fraction of sp³-hybridized carbons (Fsp3) is 1.00. The van der Waals surface area contributed by atoms with E-state index in [0.717, 1.165) is 0 Å². The number of alkyl halides is 7. The molecule has 0 aliphatic rings. The Hall–Kier alpha value is -0.420. The van der Waals surface area contributed by atoms with Crippen molar-refractivity contribution in [3.05, 3.63) is 0 Å². The Kier molecular flexibility index (Phi) is 4.56. The Balaban J connectivity index is 0. The number of hydrogen-bond donors (Lipinski definition) is 2. The van der Waals surface area contributed by atoms with Crippen molar-refractivity contribution in [2.24, 2.45) is 0 Å². The summed E-state index contributed by atoms with van der Waals surface area (Å²) in [5, 5.41) is -6.10. The summed E-state index contributed by atoms with van der Waals surface area (Å²) in [4.78, 5) is 0. The molecule has 3 nitrogen and oxygen atoms in total. The first-order chi connectivity index (χ1) is 5.44. The molecule has 1 unspecified atom stereocenters. The monoisotopic (exact) mass is 251 g/mol. The van der Waals surface area contributed by atoms with Crippen molar-refractivity contribution in [2.75, 3.05) is 0 Å². The molecule has 0 aromatic carbocycles. The molecule has 0 aliphatic heterocycles. The van der Waals surface area contributed by atoms with Gasteiger partial charge in [-0.2, -0.15) is 26.3 Å². The summed E-state index contributed by atoms with van der Waals surface area (Å²) >= 11 is -4.72. The van der Waals surface area contributed by atoms with Gasteiger partial charge in [0.1, 0.15) is 0 Å². The van der Waals surface area contributed by atoms with Crippen LogP contribution in [-0.2, 0) is 11.1 Å². The molecular weight excluding hydrogens is 247 g/mol. The molecule has 0 saturated heterocycles. The van der Waals surface area contributed by atoms with E-state index in [1.165, 1.54) is 0 Å². The predicted octanol–water partition coefficient (Wildman–Crippen LogP) is 2.16. The number of hydrogen-bond acceptors (Lipinski definition) is 2. The highest BCUT2D eigenvalue weighted by Gasteiger charge is 2.77. The molecular formula is C3H4F7NO2S. The van der Waals surface area contributed by atoms with Gasteiger partial charge in [-0.15, -0.1) is 0 Å². The first-order valence-electron chi connectivity index (χ1n) is 2.38. The molecule has 0 heterocycles. The van der Waals surface area contributed by atoms with Crippen LogP contribution < -0.4 is 6.15 Å². The van der Waals surface area contributed by atoms with E-state index in [9.17, 15) is 34.9 Å². The van der Waals surface area contributed by atoms with Crippen LogP contribution in [0.15, 0.2) is 0 Å². The topological polar surface area (TPSA) is 72.3 Å². The minimum atomic E-state index is -6.48. The Morgan fingerprint density at radius 3 is 1.07 bits per heavy atom. The van der Waals surface area contributed by atoms with E-state index < -0.39 is 28.4 Å². The van der Waals surface area contributed by atoms with Gasteiger partial charge in [-0.3, -0.25) is 0 Å². The summed E-state index contributed by atoms with van der Waals surface area (Å²) in [7, 11) is 0. The molecule has 0 fully saturated rings. The molecule has 4 N–H and O–H groups in total. The summed E-state index contributed by atoms with van der Waals surface area (Å²) in [6, 6.07) is 0. The standard InChI is InChI=1S/C3HF7O2S.H3N/c4-1(13(11)12,2(5,6)7)3(8,9)10;/h(H,11,12);1H3. The van der Waals surface area contributed by atoms with E-state index in [1.807, 2.05) is 0 Å². The largest absolute Gasteiger partial charge is 0.446 e. The molecule has 0 spiro atoms. The van der Waals surface area contributed by atoms with E-state index in [1.54, 1.807) is 0 Å². The van der Waals surface area contributed by atoms with Crippen LogP contribution in [0.3, 0.4) is 0 Å². The molecule has 14 heavy (non-hydrogen) atoms. The Morgan fingerprint density at radius 1 is 0.857 bits per heavy atom. The lowest BCUT2D eigenvalue weighted by Crippen LogP contribution is -2.56. The van der Waals surface area contributed by atoms with Gasteiger partial charge in [0, 0.05) is 0 Å². The van der Waals surface area contributed by atoms with Gasteiger partial charge in [-0.25, -0.2) is 8.60 Å². The van der Waals surface area contributed by atoms with Gasteiger partial charge in [0.05, 0.1) is 0 Å². The summed E-state index contributed by atoms with van der Waals surface area (Å²) in [5.74, 6) is 0. The highest BCUT2D eigenvalue weighted by Crippen LogP contribution is 2.47. The molecule has 88 valence electrons. The first kappa shape index (κ1) is 16.0. The van der Waals surface area contributed by atoms with Gasteiger partial charge in [0.15, 0.2) is 0 Å². The van der Waals surface area contributed by atoms with E-state index >= 15 is 0 Å². The van der Waals surface area contributed by atoms with Crippen molar-refractivity contribution < 1.29 is 39.5 Å². The van der Waals surface area contributed by atoms with Crippen LogP contribution in [0, 0.1) is 0 Å². The Morgan fingerprint density at radius 2 is 1.07 bits per heavy atom. The maximum atomic E-state index is 12.1. The van der Waals surface area contributed by atoms with E-state index in [2.05, 4.69) is 0 Å². The zero-order chi connectivity index (χ0) is 11.1. The minimum Gasteiger partial charge on any atom is -0.344 e. The third-order valence-electron chi connectivity index (χ3n) is 0.970. The second-order valence-electron chi connectivity index (χ2n) is 1.84. The van der Waals surface area contributed by atoms with Gasteiger partial charge in [-0.05, 0) is 0 Å². The lowest BCUT2D eigenvalue weighted by Gasteiger charge is -2.25. The van der Waals surface area contributed by atoms with Crippen LogP contribution in [0.4, 0.5) is 30.7 Å². The Bertz CT molecular complexity index is 208. The Labute approximate surface area is 75.1 Å². The number of rotatable bonds is 1. The smallest absolute Gasteiger partial charge is 0.344 e. The van der Waals surface area contributed by atoms with Gasteiger partial charge in [-0.1, -0.05) is 0 Å². The normalized spacial score (nSPS) is 16.0. The second-order valence-corrected chi connectivity index (χ2v) is 2.90. The van der Waals surface area contributed by atoms with Gasteiger partial charge < -0.3 is 10.7 Å². The maximum Gasteiger partial charge on any atom is 0.446 e. The average Bonchev–Trinajstić information content (AvgIpc) is 1.80. The molecule has 11 heteroatoms. The molecule has 0 bridgehead atoms. The van der Waals surface area contributed by atoms with E-state index in [-0.39, 0.29) is 6.15 Å². The van der Waals surface area contributed by atoms with Crippen LogP contribution in [-0.4, -0.2) is 26.1 Å². The molecule has 0 saturated carbocycles. The summed E-state index contributed by atoms with van der Waals surface area (Å²) < 4.78 is 97.8. The van der Waals surface area contributed by atoms with Crippen LogP contribution in [0.1, 0.15) is 0 Å². The quantitative estimate of drug-likeness (QED) is 0.554. The highest BCUT2D eigenvalue weighted by molar-refractivity contribution is 7.80. The van der Waals surface area contributed by atoms with Crippen LogP contribution >= 0.6 is 0 Å². The molecule has 0 aromatic rings. The van der Waals surface area contributed by atoms with E-state index in [0.29, 0.717) is 0 Å². The maximum absolute atomic E-state index is 12.1. The SMILES string of the molecule is N.O=S(O)C(F)(C(F)(F)F)C(F)(F)F. The fourth-order valence-electron chi connectivity index (χ4n) is 0.359. The molecule has 0 amide bonds. The molecule has 0 aromatic heterocycles. The molecule has 0 aliphatic carbocycles. The van der Waals surface area contributed by atoms with Crippen LogP contribution in [0.5, 0.6) is 0 Å². The third-order valence-corrected chi connectivity index (χ3v) is 1.91. The summed E-state index contributed by atoms with van der Waals surface area (Å²) in [5.41, 5.74) is 0. The highest BCUT2D eigenvalue weighted by atomic mass is 32.2. The third kappa shape index (κ3) is 2.33. The first-order valence-corrected chi connectivity index (χ1v) is 3.48.